The predicted molar refractivity (Wildman–Crippen MR) is 51.7 cm³/mol. The van der Waals surface area contributed by atoms with E-state index < -0.39 is 0 Å². The minimum absolute atomic E-state index is 0.0972. The van der Waals surface area contributed by atoms with Crippen molar-refractivity contribution >= 4 is 5.78 Å². The normalized spacial score (nSPS) is 11.6. The zero-order valence-electron chi connectivity index (χ0n) is 8.46. The zero-order valence-corrected chi connectivity index (χ0v) is 8.46. The van der Waals surface area contributed by atoms with Gasteiger partial charge in [0.25, 0.3) is 0 Å². The molecule has 0 radical (unpaired) electrons. The summed E-state index contributed by atoms with van der Waals surface area (Å²) < 4.78 is 5.01. The zero-order chi connectivity index (χ0) is 9.90. The molecular formula is C11H16O2. The van der Waals surface area contributed by atoms with Gasteiger partial charge in [-0.25, -0.2) is 0 Å². The lowest BCUT2D eigenvalue weighted by atomic mass is 9.89. The van der Waals surface area contributed by atoms with E-state index in [9.17, 15) is 4.79 Å². The van der Waals surface area contributed by atoms with Gasteiger partial charge in [-0.1, -0.05) is 20.8 Å². The van der Waals surface area contributed by atoms with Crippen molar-refractivity contribution in [2.45, 2.75) is 33.6 Å². The van der Waals surface area contributed by atoms with Crippen LogP contribution in [0.5, 0.6) is 0 Å². The van der Waals surface area contributed by atoms with Crippen LogP contribution in [0.15, 0.2) is 22.8 Å². The van der Waals surface area contributed by atoms with Gasteiger partial charge in [-0.15, -0.1) is 0 Å². The standard InChI is InChI=1S/C11H16O2/c1-11(2,3)7-6-9(12)10-5-4-8-13-10/h4-5,8H,6-7H2,1-3H3. The molecule has 0 spiro atoms. The average Bonchev–Trinajstić information content (AvgIpc) is 2.50. The smallest absolute Gasteiger partial charge is 0.197 e. The van der Waals surface area contributed by atoms with Crippen LogP contribution in [0.25, 0.3) is 0 Å². The van der Waals surface area contributed by atoms with Crippen molar-refractivity contribution in [2.24, 2.45) is 5.41 Å². The number of furan rings is 1. The second-order valence-corrected chi connectivity index (χ2v) is 4.46. The molecule has 0 amide bonds. The summed E-state index contributed by atoms with van der Waals surface area (Å²) in [7, 11) is 0. The van der Waals surface area contributed by atoms with Gasteiger partial charge in [-0.2, -0.15) is 0 Å². The molecule has 1 heterocycles. The number of carbonyl (C=O) groups excluding carboxylic acids is 1. The number of hydrogen-bond acceptors (Lipinski definition) is 2. The highest BCUT2D eigenvalue weighted by atomic mass is 16.3. The minimum Gasteiger partial charge on any atom is -0.461 e. The lowest BCUT2D eigenvalue weighted by Crippen LogP contribution is -2.08. The van der Waals surface area contributed by atoms with Crippen LogP contribution in [0.4, 0.5) is 0 Å². The molecule has 0 aromatic carbocycles. The summed E-state index contributed by atoms with van der Waals surface area (Å²) in [6, 6.07) is 3.45. The van der Waals surface area contributed by atoms with E-state index >= 15 is 0 Å². The van der Waals surface area contributed by atoms with E-state index in [1.165, 1.54) is 6.26 Å². The van der Waals surface area contributed by atoms with Gasteiger partial charge >= 0.3 is 0 Å². The van der Waals surface area contributed by atoms with Gasteiger partial charge in [0.2, 0.25) is 0 Å². The van der Waals surface area contributed by atoms with Crippen molar-refractivity contribution in [1.82, 2.24) is 0 Å². The van der Waals surface area contributed by atoms with E-state index in [1.807, 2.05) is 0 Å². The van der Waals surface area contributed by atoms with Crippen LogP contribution in [0, 0.1) is 5.41 Å². The molecular weight excluding hydrogens is 164 g/mol. The Balaban J connectivity index is 2.44. The maximum Gasteiger partial charge on any atom is 0.197 e. The van der Waals surface area contributed by atoms with Crippen molar-refractivity contribution in [2.75, 3.05) is 0 Å². The summed E-state index contributed by atoms with van der Waals surface area (Å²) in [4.78, 5) is 11.5. The molecule has 0 saturated heterocycles. The van der Waals surface area contributed by atoms with Gasteiger partial charge < -0.3 is 4.42 Å². The fourth-order valence-corrected chi connectivity index (χ4v) is 1.05. The van der Waals surface area contributed by atoms with Crippen molar-refractivity contribution in [1.29, 1.82) is 0 Å². The fraction of sp³-hybridized carbons (Fsp3) is 0.545. The maximum absolute atomic E-state index is 11.5. The predicted octanol–water partition coefficient (Wildman–Crippen LogP) is 3.29. The third-order valence-corrected chi connectivity index (χ3v) is 1.90. The van der Waals surface area contributed by atoms with Crippen molar-refractivity contribution in [3.05, 3.63) is 24.2 Å². The van der Waals surface area contributed by atoms with Crippen molar-refractivity contribution in [3.8, 4) is 0 Å². The first-order chi connectivity index (χ1) is 5.99. The molecule has 2 nitrogen and oxygen atoms in total. The first-order valence-corrected chi connectivity index (χ1v) is 4.56. The summed E-state index contributed by atoms with van der Waals surface area (Å²) >= 11 is 0. The summed E-state index contributed by atoms with van der Waals surface area (Å²) in [5.41, 5.74) is 0.211. The highest BCUT2D eigenvalue weighted by molar-refractivity contribution is 5.93. The highest BCUT2D eigenvalue weighted by Gasteiger charge is 2.15. The Kier molecular flexibility index (Phi) is 2.91. The number of hydrogen-bond donors (Lipinski definition) is 0. The van der Waals surface area contributed by atoms with E-state index in [1.54, 1.807) is 12.1 Å². The molecule has 2 heteroatoms. The maximum atomic E-state index is 11.5. The number of rotatable bonds is 3. The topological polar surface area (TPSA) is 30.2 Å². The Morgan fingerprint density at radius 3 is 2.62 bits per heavy atom. The van der Waals surface area contributed by atoms with Gasteiger partial charge in [0.15, 0.2) is 11.5 Å². The Bertz CT molecular complexity index is 265. The van der Waals surface area contributed by atoms with Crippen LogP contribution in [-0.2, 0) is 0 Å². The molecule has 0 bridgehead atoms. The molecule has 0 unspecified atom stereocenters. The lowest BCUT2D eigenvalue weighted by molar-refractivity contribution is 0.0939. The molecule has 72 valence electrons. The molecule has 1 aromatic rings. The van der Waals surface area contributed by atoms with Crippen LogP contribution in [-0.4, -0.2) is 5.78 Å². The van der Waals surface area contributed by atoms with Gasteiger partial charge in [-0.3, -0.25) is 4.79 Å². The molecule has 1 rings (SSSR count). The SMILES string of the molecule is CC(C)(C)CCC(=O)c1ccco1. The summed E-state index contributed by atoms with van der Waals surface area (Å²) in [6.07, 6.45) is 2.99. The number of ketones is 1. The summed E-state index contributed by atoms with van der Waals surface area (Å²) in [5, 5.41) is 0. The first-order valence-electron chi connectivity index (χ1n) is 4.56. The first kappa shape index (κ1) is 10.0. The lowest BCUT2D eigenvalue weighted by Gasteiger charge is -2.16. The Hall–Kier alpha value is -1.05. The van der Waals surface area contributed by atoms with E-state index in [4.69, 9.17) is 4.42 Å². The third kappa shape index (κ3) is 3.45. The van der Waals surface area contributed by atoms with E-state index in [2.05, 4.69) is 20.8 Å². The van der Waals surface area contributed by atoms with Gasteiger partial charge in [0, 0.05) is 6.42 Å². The Labute approximate surface area is 78.9 Å². The Morgan fingerprint density at radius 1 is 1.46 bits per heavy atom. The highest BCUT2D eigenvalue weighted by Crippen LogP contribution is 2.21. The molecule has 0 atom stereocenters. The van der Waals surface area contributed by atoms with Crippen LogP contribution in [0.3, 0.4) is 0 Å². The molecule has 0 N–H and O–H groups in total. The largest absolute Gasteiger partial charge is 0.461 e. The van der Waals surface area contributed by atoms with Gasteiger partial charge in [0.1, 0.15) is 0 Å². The monoisotopic (exact) mass is 180 g/mol. The minimum atomic E-state index is 0.0972. The van der Waals surface area contributed by atoms with Crippen molar-refractivity contribution in [3.63, 3.8) is 0 Å². The molecule has 1 aromatic heterocycles. The van der Waals surface area contributed by atoms with Crippen molar-refractivity contribution < 1.29 is 9.21 Å². The summed E-state index contributed by atoms with van der Waals surface area (Å²) in [6.45, 7) is 6.38. The van der Waals surface area contributed by atoms with Gasteiger partial charge in [0.05, 0.1) is 6.26 Å². The number of carbonyl (C=O) groups is 1. The van der Waals surface area contributed by atoms with Crippen LogP contribution >= 0.6 is 0 Å². The van der Waals surface area contributed by atoms with Crippen LogP contribution in [0.1, 0.15) is 44.2 Å². The molecule has 0 aliphatic heterocycles. The summed E-state index contributed by atoms with van der Waals surface area (Å²) in [5.74, 6) is 0.573. The second kappa shape index (κ2) is 3.77. The van der Waals surface area contributed by atoms with E-state index in [0.29, 0.717) is 12.2 Å². The molecule has 13 heavy (non-hydrogen) atoms. The fourth-order valence-electron chi connectivity index (χ4n) is 1.05. The number of Topliss-reactive ketones (excluding diaryl/α,β-unsaturated/α-hetero) is 1. The van der Waals surface area contributed by atoms with Gasteiger partial charge in [-0.05, 0) is 24.0 Å². The van der Waals surface area contributed by atoms with Crippen LogP contribution < -0.4 is 0 Å². The molecule has 0 fully saturated rings. The van der Waals surface area contributed by atoms with E-state index in [-0.39, 0.29) is 11.2 Å². The molecule has 0 aliphatic carbocycles. The van der Waals surface area contributed by atoms with Crippen LogP contribution in [0.2, 0.25) is 0 Å². The van der Waals surface area contributed by atoms with E-state index in [0.717, 1.165) is 6.42 Å². The average molecular weight is 180 g/mol. The second-order valence-electron chi connectivity index (χ2n) is 4.46. The molecule has 0 aliphatic rings. The third-order valence-electron chi connectivity index (χ3n) is 1.90. The Morgan fingerprint density at radius 2 is 2.15 bits per heavy atom. The molecule has 0 saturated carbocycles. The quantitative estimate of drug-likeness (QED) is 0.668.